The molecule has 1 aromatic heterocycles. The van der Waals surface area contributed by atoms with Crippen molar-refractivity contribution in [2.75, 3.05) is 0 Å². The van der Waals surface area contributed by atoms with Gasteiger partial charge in [-0.3, -0.25) is 0 Å². The van der Waals surface area contributed by atoms with Gasteiger partial charge in [0.1, 0.15) is 0 Å². The summed E-state index contributed by atoms with van der Waals surface area (Å²) < 4.78 is 1.90. The van der Waals surface area contributed by atoms with E-state index in [1.54, 1.807) is 5.57 Å². The van der Waals surface area contributed by atoms with E-state index in [1.165, 1.54) is 38.5 Å². The number of hydrogen-bond donors (Lipinski definition) is 2. The highest BCUT2D eigenvalue weighted by atomic mass is 16.3. The smallest absolute Gasteiger partial charge is 0.0848 e. The second-order valence-corrected chi connectivity index (χ2v) is 13.1. The van der Waals surface area contributed by atoms with Crippen LogP contribution in [0.5, 0.6) is 0 Å². The van der Waals surface area contributed by atoms with Gasteiger partial charge in [-0.1, -0.05) is 50.5 Å². The highest BCUT2D eigenvalue weighted by Gasteiger charge is 2.61. The monoisotopic (exact) mass is 469 g/mol. The molecule has 0 amide bonds. The number of aliphatic hydroxyl groups is 2. The zero-order valence-electron chi connectivity index (χ0n) is 22.0. The Balaban J connectivity index is 1.31. The molecule has 0 aliphatic heterocycles. The maximum atomic E-state index is 11.8. The summed E-state index contributed by atoms with van der Waals surface area (Å²) in [7, 11) is 0. The predicted molar refractivity (Wildman–Crippen MR) is 135 cm³/mol. The van der Waals surface area contributed by atoms with Gasteiger partial charge in [0.25, 0.3) is 0 Å². The number of allylic oxidation sites excluding steroid dienone is 1. The van der Waals surface area contributed by atoms with E-state index in [4.69, 9.17) is 0 Å². The molecule has 3 saturated carbocycles. The van der Waals surface area contributed by atoms with Crippen LogP contribution in [0.3, 0.4) is 0 Å². The van der Waals surface area contributed by atoms with E-state index in [9.17, 15) is 10.2 Å². The summed E-state index contributed by atoms with van der Waals surface area (Å²) in [4.78, 5) is 0. The molecule has 5 rings (SSSR count). The third-order valence-corrected chi connectivity index (χ3v) is 10.9. The number of hydrogen-bond acceptors (Lipinski definition) is 4. The third kappa shape index (κ3) is 4.09. The van der Waals surface area contributed by atoms with Gasteiger partial charge in [-0.25, -0.2) is 4.68 Å². The Morgan fingerprint density at radius 1 is 1.12 bits per heavy atom. The number of aliphatic hydroxyl groups excluding tert-OH is 1. The molecular weight excluding hydrogens is 422 g/mol. The third-order valence-electron chi connectivity index (χ3n) is 10.9. The minimum Gasteiger partial charge on any atom is -0.393 e. The molecule has 0 bridgehead atoms. The molecule has 4 aliphatic carbocycles. The Labute approximate surface area is 206 Å². The van der Waals surface area contributed by atoms with Gasteiger partial charge in [-0.15, -0.1) is 5.10 Å². The predicted octanol–water partition coefficient (Wildman–Crippen LogP) is 5.70. The molecule has 5 heteroatoms. The lowest BCUT2D eigenvalue weighted by Gasteiger charge is -2.58. The second kappa shape index (κ2) is 9.03. The van der Waals surface area contributed by atoms with E-state index in [2.05, 4.69) is 50.3 Å². The molecule has 2 N–H and O–H groups in total. The molecule has 5 nitrogen and oxygen atoms in total. The lowest BCUT2D eigenvalue weighted by atomic mass is 9.47. The first kappa shape index (κ1) is 24.5. The molecule has 0 spiro atoms. The van der Waals surface area contributed by atoms with E-state index in [1.807, 2.05) is 4.68 Å². The van der Waals surface area contributed by atoms with Crippen molar-refractivity contribution in [1.82, 2.24) is 15.0 Å². The first-order valence-corrected chi connectivity index (χ1v) is 14.2. The highest BCUT2D eigenvalue weighted by Crippen LogP contribution is 2.67. The van der Waals surface area contributed by atoms with Crippen molar-refractivity contribution in [2.45, 2.75) is 123 Å². The Morgan fingerprint density at radius 2 is 1.94 bits per heavy atom. The first-order chi connectivity index (χ1) is 16.2. The number of aryl methyl sites for hydroxylation is 1. The topological polar surface area (TPSA) is 71.2 Å². The van der Waals surface area contributed by atoms with Crippen LogP contribution >= 0.6 is 0 Å². The quantitative estimate of drug-likeness (QED) is 0.397. The van der Waals surface area contributed by atoms with Crippen LogP contribution in [0.25, 0.3) is 0 Å². The van der Waals surface area contributed by atoms with E-state index >= 15 is 0 Å². The molecule has 0 aromatic carbocycles. The maximum absolute atomic E-state index is 11.8. The van der Waals surface area contributed by atoms with Crippen molar-refractivity contribution >= 4 is 0 Å². The zero-order chi connectivity index (χ0) is 24.1. The van der Waals surface area contributed by atoms with Gasteiger partial charge >= 0.3 is 0 Å². The Morgan fingerprint density at radius 3 is 2.74 bits per heavy atom. The van der Waals surface area contributed by atoms with Crippen LogP contribution in [0.15, 0.2) is 17.8 Å². The van der Waals surface area contributed by atoms with Crippen molar-refractivity contribution < 1.29 is 10.2 Å². The summed E-state index contributed by atoms with van der Waals surface area (Å²) in [6.07, 6.45) is 18.0. The summed E-state index contributed by atoms with van der Waals surface area (Å²) in [5, 5.41) is 30.9. The summed E-state index contributed by atoms with van der Waals surface area (Å²) in [6.45, 7) is 9.80. The van der Waals surface area contributed by atoms with Gasteiger partial charge < -0.3 is 10.2 Å². The standard InChI is InChI=1S/C29H47N3O2/c1-5-6-7-8-21-18-32(31-30-21)19-29(4,34)26-12-11-24-23-10-9-20-17-22(33)13-15-27(20,2)25(23)14-16-28(24,26)3/h9,18,22-26,33-34H,5-8,10-17,19H2,1-4H3/t22-,23-,24-,25-,26-,27-,28-,29-/m0/s1. The summed E-state index contributed by atoms with van der Waals surface area (Å²) in [5.41, 5.74) is 2.28. The molecule has 8 atom stereocenters. The molecule has 3 fully saturated rings. The fourth-order valence-corrected chi connectivity index (χ4v) is 9.19. The molecule has 1 heterocycles. The SMILES string of the molecule is CCCCCc1cn(C[C@](C)(O)[C@H]2CC[C@H]3[C@@H]4CC=C5C[C@@H](O)CC[C@]5(C)[C@H]4CC[C@@]32C)nn1. The van der Waals surface area contributed by atoms with Crippen molar-refractivity contribution in [3.63, 3.8) is 0 Å². The van der Waals surface area contributed by atoms with Crippen LogP contribution in [0.4, 0.5) is 0 Å². The average molecular weight is 470 g/mol. The molecule has 0 radical (unpaired) electrons. The van der Waals surface area contributed by atoms with Crippen LogP contribution in [-0.4, -0.2) is 36.9 Å². The molecule has 34 heavy (non-hydrogen) atoms. The Bertz CT molecular complexity index is 907. The van der Waals surface area contributed by atoms with Gasteiger partial charge in [0.2, 0.25) is 0 Å². The van der Waals surface area contributed by atoms with Gasteiger partial charge in [0.05, 0.1) is 23.9 Å². The van der Waals surface area contributed by atoms with Gasteiger partial charge in [0, 0.05) is 6.20 Å². The molecule has 4 aliphatic rings. The normalized spacial score (nSPS) is 41.2. The molecular formula is C29H47N3O2. The lowest BCUT2D eigenvalue weighted by Crippen LogP contribution is -2.53. The number of rotatable bonds is 7. The summed E-state index contributed by atoms with van der Waals surface area (Å²) >= 11 is 0. The van der Waals surface area contributed by atoms with Gasteiger partial charge in [-0.05, 0) is 106 Å². The first-order valence-electron chi connectivity index (χ1n) is 14.2. The van der Waals surface area contributed by atoms with Crippen molar-refractivity contribution in [3.8, 4) is 0 Å². The van der Waals surface area contributed by atoms with Gasteiger partial charge in [0.15, 0.2) is 0 Å². The largest absolute Gasteiger partial charge is 0.393 e. The number of aromatic nitrogens is 3. The molecule has 0 unspecified atom stereocenters. The fourth-order valence-electron chi connectivity index (χ4n) is 9.19. The fraction of sp³-hybridized carbons (Fsp3) is 0.862. The van der Waals surface area contributed by atoms with Gasteiger partial charge in [-0.2, -0.15) is 0 Å². The maximum Gasteiger partial charge on any atom is 0.0848 e. The van der Waals surface area contributed by atoms with E-state index in [0.29, 0.717) is 18.4 Å². The van der Waals surface area contributed by atoms with Crippen molar-refractivity contribution in [3.05, 3.63) is 23.5 Å². The molecule has 190 valence electrons. The highest BCUT2D eigenvalue weighted by molar-refractivity contribution is 5.25. The number of fused-ring (bicyclic) bond motifs is 5. The van der Waals surface area contributed by atoms with E-state index in [-0.39, 0.29) is 16.9 Å². The van der Waals surface area contributed by atoms with Crippen molar-refractivity contribution in [1.29, 1.82) is 0 Å². The minimum atomic E-state index is -0.779. The average Bonchev–Trinajstić information content (AvgIpc) is 3.38. The van der Waals surface area contributed by atoms with Crippen LogP contribution in [0, 0.1) is 34.5 Å². The van der Waals surface area contributed by atoms with Crippen LogP contribution in [-0.2, 0) is 13.0 Å². The van der Waals surface area contributed by atoms with E-state index < -0.39 is 5.60 Å². The Kier molecular flexibility index (Phi) is 6.50. The van der Waals surface area contributed by atoms with Crippen LogP contribution in [0.2, 0.25) is 0 Å². The van der Waals surface area contributed by atoms with Crippen LogP contribution < -0.4 is 0 Å². The second-order valence-electron chi connectivity index (χ2n) is 13.1. The molecule has 1 aromatic rings. The zero-order valence-corrected chi connectivity index (χ0v) is 22.0. The number of unbranched alkanes of at least 4 members (excludes halogenated alkanes) is 2. The minimum absolute atomic E-state index is 0.139. The summed E-state index contributed by atoms with van der Waals surface area (Å²) in [5.74, 6) is 2.44. The lowest BCUT2D eigenvalue weighted by molar-refractivity contribution is -0.109. The van der Waals surface area contributed by atoms with Crippen LogP contribution in [0.1, 0.15) is 104 Å². The molecule has 0 saturated heterocycles. The number of nitrogens with zero attached hydrogens (tertiary/aromatic N) is 3. The van der Waals surface area contributed by atoms with E-state index in [0.717, 1.165) is 56.1 Å². The summed E-state index contributed by atoms with van der Waals surface area (Å²) in [6, 6.07) is 0. The van der Waals surface area contributed by atoms with Crippen molar-refractivity contribution in [2.24, 2.45) is 34.5 Å². The Hall–Kier alpha value is -1.20.